The zero-order chi connectivity index (χ0) is 10.5. The summed E-state index contributed by atoms with van der Waals surface area (Å²) in [5.74, 6) is 0.429. The van der Waals surface area contributed by atoms with Crippen molar-refractivity contribution < 1.29 is 0 Å². The number of fused-ring (bicyclic) bond motifs is 1. The molecular weight excluding hydrogens is 247 g/mol. The molecule has 1 aromatic heterocycles. The Bertz CT molecular complexity index is 509. The number of nitrogens with zero attached hydrogens (tertiary/aromatic N) is 2. The van der Waals surface area contributed by atoms with Crippen LogP contribution >= 0.6 is 11.6 Å². The Morgan fingerprint density at radius 1 is 1.20 bits per heavy atom. The van der Waals surface area contributed by atoms with Crippen LogP contribution in [0.5, 0.6) is 0 Å². The molecule has 0 bridgehead atoms. The molecule has 1 aliphatic rings. The van der Waals surface area contributed by atoms with Crippen LogP contribution in [-0.2, 0) is 14.1 Å². The maximum absolute atomic E-state index is 11.6. The van der Waals surface area contributed by atoms with Crippen molar-refractivity contribution >= 4 is 74.5 Å². The second-order valence-electron chi connectivity index (χ2n) is 3.08. The van der Waals surface area contributed by atoms with E-state index in [0.717, 1.165) is 4.57 Å². The van der Waals surface area contributed by atoms with Gasteiger partial charge in [0.25, 0.3) is 5.56 Å². The molecule has 0 fully saturated rings. The molecule has 15 heavy (non-hydrogen) atoms. The summed E-state index contributed by atoms with van der Waals surface area (Å²) >= 11 is 5.74. The maximum Gasteiger partial charge on any atom is 0.332 e. The molecule has 0 aromatic carbocycles. The van der Waals surface area contributed by atoms with Crippen molar-refractivity contribution in [3.8, 4) is 0 Å². The fourth-order valence-corrected chi connectivity index (χ4v) is 1.64. The Hall–Kier alpha value is 0.206. The number of alkyl halides is 1. The fraction of sp³-hybridized carbons (Fsp3) is 0.429. The first-order chi connectivity index (χ1) is 6.52. The van der Waals surface area contributed by atoms with E-state index >= 15 is 0 Å². The van der Waals surface area contributed by atoms with Crippen molar-refractivity contribution in [2.24, 2.45) is 14.1 Å². The first-order valence-electron chi connectivity index (χ1n) is 3.99. The first kappa shape index (κ1) is 13.3. The molecule has 2 N–H and O–H groups in total. The number of rotatable bonds is 0. The summed E-state index contributed by atoms with van der Waals surface area (Å²) in [4.78, 5) is 23.0. The Labute approximate surface area is 133 Å². The van der Waals surface area contributed by atoms with E-state index in [1.54, 1.807) is 7.05 Å². The van der Waals surface area contributed by atoms with E-state index in [1.165, 1.54) is 11.6 Å². The Morgan fingerprint density at radius 3 is 2.40 bits per heavy atom. The van der Waals surface area contributed by atoms with E-state index in [9.17, 15) is 9.59 Å². The maximum atomic E-state index is 11.6. The molecule has 0 amide bonds. The van der Waals surface area contributed by atoms with Gasteiger partial charge in [0, 0.05) is 65.5 Å². The van der Waals surface area contributed by atoms with E-state index in [2.05, 4.69) is 10.6 Å². The largest absolute Gasteiger partial charge is 0.345 e. The second-order valence-corrected chi connectivity index (χ2v) is 3.52. The summed E-state index contributed by atoms with van der Waals surface area (Å²) in [6.45, 7) is 0. The smallest absolute Gasteiger partial charge is 0.332 e. The van der Waals surface area contributed by atoms with Gasteiger partial charge in [0.15, 0.2) is 5.62 Å². The van der Waals surface area contributed by atoms with Crippen molar-refractivity contribution in [2.45, 2.75) is 5.62 Å². The number of hydrogen-bond donors (Lipinski definition) is 2. The monoisotopic (exact) mass is 255 g/mol. The zero-order valence-corrected chi connectivity index (χ0v) is 12.5. The zero-order valence-electron chi connectivity index (χ0n) is 8.67. The summed E-state index contributed by atoms with van der Waals surface area (Å²) in [5, 5.41) is 5.51. The van der Waals surface area contributed by atoms with E-state index in [-0.39, 0.29) is 62.6 Å². The predicted molar refractivity (Wildman–Crippen MR) is 59.6 cm³/mol. The number of anilines is 2. The molecule has 77 valence electrons. The number of nitrogens with one attached hydrogen (secondary N) is 2. The van der Waals surface area contributed by atoms with Gasteiger partial charge in [-0.2, -0.15) is 0 Å². The summed E-state index contributed by atoms with van der Waals surface area (Å²) in [6, 6.07) is 0. The van der Waals surface area contributed by atoms with Gasteiger partial charge in [-0.1, -0.05) is 11.6 Å². The average Bonchev–Trinajstić information content (AvgIpc) is 2.54. The minimum atomic E-state index is -0.550. The Morgan fingerprint density at radius 2 is 1.80 bits per heavy atom. The topological polar surface area (TPSA) is 68.1 Å². The van der Waals surface area contributed by atoms with E-state index in [1.807, 2.05) is 0 Å². The van der Waals surface area contributed by atoms with Crippen molar-refractivity contribution in [1.29, 1.82) is 0 Å². The molecule has 1 aliphatic heterocycles. The van der Waals surface area contributed by atoms with Crippen molar-refractivity contribution in [3.05, 3.63) is 20.8 Å². The normalized spacial score (nSPS) is 17.4. The second kappa shape index (κ2) is 4.60. The molecule has 2 heterocycles. The van der Waals surface area contributed by atoms with Gasteiger partial charge in [-0.05, 0) is 0 Å². The molecule has 1 radical (unpaired) electrons. The molecule has 6 nitrogen and oxygen atoms in total. The van der Waals surface area contributed by atoms with Gasteiger partial charge in [-0.25, -0.2) is 4.79 Å². The van der Waals surface area contributed by atoms with Gasteiger partial charge in [-0.3, -0.25) is 13.9 Å². The standard InChI is InChI=1S/C7H9ClN4O2.K/c1-11-4-3(9-6(8)10-4)5(13)12(2)7(11)14;/h6,9-10H,1-2H3;. The van der Waals surface area contributed by atoms with Crippen LogP contribution in [-0.4, -0.2) is 66.1 Å². The van der Waals surface area contributed by atoms with Gasteiger partial charge < -0.3 is 10.6 Å². The summed E-state index contributed by atoms with van der Waals surface area (Å²) in [6.07, 6.45) is 0. The fourth-order valence-electron chi connectivity index (χ4n) is 1.43. The quantitative estimate of drug-likeness (QED) is 0.357. The third-order valence-corrected chi connectivity index (χ3v) is 2.42. The molecule has 0 saturated heterocycles. The number of hydrogen-bond acceptors (Lipinski definition) is 4. The Kier molecular flexibility index (Phi) is 4.07. The molecule has 1 atom stereocenters. The van der Waals surface area contributed by atoms with Crippen LogP contribution in [0.3, 0.4) is 0 Å². The van der Waals surface area contributed by atoms with Crippen molar-refractivity contribution in [2.75, 3.05) is 10.6 Å². The average molecular weight is 256 g/mol. The number of aromatic nitrogens is 2. The van der Waals surface area contributed by atoms with Crippen molar-refractivity contribution in [1.82, 2.24) is 9.13 Å². The molecule has 1 unspecified atom stereocenters. The van der Waals surface area contributed by atoms with Gasteiger partial charge in [0.05, 0.1) is 0 Å². The van der Waals surface area contributed by atoms with E-state index in [4.69, 9.17) is 11.6 Å². The first-order valence-corrected chi connectivity index (χ1v) is 4.43. The van der Waals surface area contributed by atoms with Crippen LogP contribution in [0.4, 0.5) is 11.5 Å². The summed E-state index contributed by atoms with van der Waals surface area (Å²) < 4.78 is 2.37. The minimum absolute atomic E-state index is 0. The third kappa shape index (κ3) is 2.04. The van der Waals surface area contributed by atoms with Crippen molar-refractivity contribution in [3.63, 3.8) is 0 Å². The van der Waals surface area contributed by atoms with Crippen LogP contribution < -0.4 is 21.9 Å². The Balaban J connectivity index is 0.00000112. The van der Waals surface area contributed by atoms with Gasteiger partial charge in [0.2, 0.25) is 0 Å². The van der Waals surface area contributed by atoms with E-state index in [0.29, 0.717) is 11.5 Å². The summed E-state index contributed by atoms with van der Waals surface area (Å²) in [7, 11) is 3.00. The third-order valence-electron chi connectivity index (χ3n) is 2.20. The molecule has 1 aromatic rings. The minimum Gasteiger partial charge on any atom is -0.345 e. The molecule has 0 aliphatic carbocycles. The molecule has 0 spiro atoms. The molecule has 8 heteroatoms. The van der Waals surface area contributed by atoms with Gasteiger partial charge in [-0.15, -0.1) is 0 Å². The SMILES string of the molecule is Cn1c2c(c(=O)n(C)c1=O)NC(Cl)N2.[K]. The molecular formula is C7H9ClKN4O2. The van der Waals surface area contributed by atoms with Gasteiger partial charge in [0.1, 0.15) is 11.5 Å². The number of halogens is 1. The van der Waals surface area contributed by atoms with Crippen LogP contribution in [0.25, 0.3) is 0 Å². The molecule has 0 saturated carbocycles. The van der Waals surface area contributed by atoms with Gasteiger partial charge >= 0.3 is 5.69 Å². The molecule has 2 rings (SSSR count). The summed E-state index contributed by atoms with van der Waals surface area (Å²) in [5.41, 5.74) is -0.979. The van der Waals surface area contributed by atoms with Crippen LogP contribution in [0.2, 0.25) is 0 Å². The van der Waals surface area contributed by atoms with Crippen LogP contribution in [0, 0.1) is 0 Å². The van der Waals surface area contributed by atoms with E-state index < -0.39 is 5.62 Å². The van der Waals surface area contributed by atoms with Crippen LogP contribution in [0.1, 0.15) is 0 Å². The van der Waals surface area contributed by atoms with Crippen LogP contribution in [0.15, 0.2) is 9.59 Å². The predicted octanol–water partition coefficient (Wildman–Crippen LogP) is -0.937.